The third-order valence-electron chi connectivity index (χ3n) is 3.36. The van der Waals surface area contributed by atoms with Crippen molar-refractivity contribution < 1.29 is 23.7 Å². The Balaban J connectivity index is 1.63. The highest BCUT2D eigenvalue weighted by Gasteiger charge is 2.18. The predicted molar refractivity (Wildman–Crippen MR) is 84.3 cm³/mol. The van der Waals surface area contributed by atoms with Crippen LogP contribution in [-0.2, 0) is 4.79 Å². The van der Waals surface area contributed by atoms with Crippen LogP contribution in [-0.4, -0.2) is 25.9 Å². The molecule has 0 aromatic heterocycles. The second kappa shape index (κ2) is 6.48. The lowest BCUT2D eigenvalue weighted by molar-refractivity contribution is -0.122. The van der Waals surface area contributed by atoms with Crippen LogP contribution in [0.2, 0.25) is 0 Å². The number of rotatable bonds is 5. The number of amides is 1. The van der Waals surface area contributed by atoms with Crippen molar-refractivity contribution in [3.63, 3.8) is 0 Å². The molecule has 1 aliphatic rings. The predicted octanol–water partition coefficient (Wildman–Crippen LogP) is 2.83. The maximum atomic E-state index is 12.2. The minimum Gasteiger partial charge on any atom is -0.497 e. The SMILES string of the molecule is COc1cccc(O[C@@H](C)C(=O)Nc2ccc3c(c2)OCO3)c1. The molecular weight excluding hydrogens is 298 g/mol. The van der Waals surface area contributed by atoms with Crippen molar-refractivity contribution in [2.24, 2.45) is 0 Å². The van der Waals surface area contributed by atoms with Gasteiger partial charge in [0.2, 0.25) is 6.79 Å². The van der Waals surface area contributed by atoms with E-state index in [1.54, 1.807) is 50.4 Å². The van der Waals surface area contributed by atoms with Crippen LogP contribution >= 0.6 is 0 Å². The van der Waals surface area contributed by atoms with E-state index in [2.05, 4.69) is 5.32 Å². The van der Waals surface area contributed by atoms with Gasteiger partial charge in [0.15, 0.2) is 17.6 Å². The minimum atomic E-state index is -0.660. The maximum absolute atomic E-state index is 12.2. The Morgan fingerprint density at radius 3 is 2.74 bits per heavy atom. The van der Waals surface area contributed by atoms with Crippen LogP contribution in [0.5, 0.6) is 23.0 Å². The summed E-state index contributed by atoms with van der Waals surface area (Å²) >= 11 is 0. The van der Waals surface area contributed by atoms with Crippen LogP contribution in [0.25, 0.3) is 0 Å². The Morgan fingerprint density at radius 1 is 1.13 bits per heavy atom. The van der Waals surface area contributed by atoms with Crippen molar-refractivity contribution in [1.82, 2.24) is 0 Å². The Hall–Kier alpha value is -2.89. The average Bonchev–Trinajstić information content (AvgIpc) is 3.02. The zero-order valence-corrected chi connectivity index (χ0v) is 12.9. The van der Waals surface area contributed by atoms with Gasteiger partial charge in [0.25, 0.3) is 5.91 Å². The first-order valence-corrected chi connectivity index (χ1v) is 7.17. The van der Waals surface area contributed by atoms with E-state index in [9.17, 15) is 4.79 Å². The van der Waals surface area contributed by atoms with E-state index in [0.29, 0.717) is 28.7 Å². The summed E-state index contributed by atoms with van der Waals surface area (Å²) in [5.41, 5.74) is 0.625. The van der Waals surface area contributed by atoms with Gasteiger partial charge in [0.05, 0.1) is 7.11 Å². The van der Waals surface area contributed by atoms with Gasteiger partial charge in [-0.15, -0.1) is 0 Å². The Labute approximate surface area is 133 Å². The number of anilines is 1. The Bertz CT molecular complexity index is 716. The Kier molecular flexibility index (Phi) is 4.23. The highest BCUT2D eigenvalue weighted by Crippen LogP contribution is 2.34. The smallest absolute Gasteiger partial charge is 0.265 e. The number of ether oxygens (including phenoxy) is 4. The zero-order chi connectivity index (χ0) is 16.2. The second-order valence-corrected chi connectivity index (χ2v) is 5.00. The summed E-state index contributed by atoms with van der Waals surface area (Å²) in [7, 11) is 1.58. The third kappa shape index (κ3) is 3.48. The van der Waals surface area contributed by atoms with E-state index in [1.165, 1.54) is 0 Å². The summed E-state index contributed by atoms with van der Waals surface area (Å²) in [5.74, 6) is 2.27. The lowest BCUT2D eigenvalue weighted by atomic mass is 10.2. The normalized spacial score (nSPS) is 13.3. The van der Waals surface area contributed by atoms with Gasteiger partial charge in [-0.2, -0.15) is 0 Å². The van der Waals surface area contributed by atoms with Crippen LogP contribution in [0.1, 0.15) is 6.92 Å². The topological polar surface area (TPSA) is 66.0 Å². The number of hydrogen-bond donors (Lipinski definition) is 1. The lowest BCUT2D eigenvalue weighted by Gasteiger charge is -2.15. The molecule has 1 aliphatic heterocycles. The van der Waals surface area contributed by atoms with E-state index >= 15 is 0 Å². The molecule has 23 heavy (non-hydrogen) atoms. The molecule has 0 saturated carbocycles. The molecule has 1 amide bonds. The number of methoxy groups -OCH3 is 1. The molecule has 120 valence electrons. The molecule has 0 aliphatic carbocycles. The van der Waals surface area contributed by atoms with Crippen molar-refractivity contribution in [1.29, 1.82) is 0 Å². The number of carbonyl (C=O) groups excluding carboxylic acids is 1. The van der Waals surface area contributed by atoms with Gasteiger partial charge >= 0.3 is 0 Å². The summed E-state index contributed by atoms with van der Waals surface area (Å²) in [5, 5.41) is 2.79. The fourth-order valence-electron chi connectivity index (χ4n) is 2.15. The van der Waals surface area contributed by atoms with Gasteiger partial charge in [-0.25, -0.2) is 0 Å². The molecule has 0 saturated heterocycles. The number of fused-ring (bicyclic) bond motifs is 1. The van der Waals surface area contributed by atoms with Gasteiger partial charge in [-0.1, -0.05) is 6.07 Å². The van der Waals surface area contributed by atoms with Crippen molar-refractivity contribution in [2.45, 2.75) is 13.0 Å². The molecule has 1 N–H and O–H groups in total. The summed E-state index contributed by atoms with van der Waals surface area (Å²) in [4.78, 5) is 12.2. The van der Waals surface area contributed by atoms with E-state index in [-0.39, 0.29) is 12.7 Å². The molecule has 0 fully saturated rings. The number of nitrogens with one attached hydrogen (secondary N) is 1. The maximum Gasteiger partial charge on any atom is 0.265 e. The van der Waals surface area contributed by atoms with E-state index in [0.717, 1.165) is 0 Å². The van der Waals surface area contributed by atoms with Crippen molar-refractivity contribution in [2.75, 3.05) is 19.2 Å². The molecule has 1 atom stereocenters. The standard InChI is InChI=1S/C17H17NO5/c1-11(23-14-5-3-4-13(9-14)20-2)17(19)18-12-6-7-15-16(8-12)22-10-21-15/h3-9,11H,10H2,1-2H3,(H,18,19)/t11-/m0/s1. The number of hydrogen-bond acceptors (Lipinski definition) is 5. The molecule has 0 radical (unpaired) electrons. The highest BCUT2D eigenvalue weighted by atomic mass is 16.7. The van der Waals surface area contributed by atoms with Crippen LogP contribution < -0.4 is 24.3 Å². The van der Waals surface area contributed by atoms with Crippen LogP contribution in [0.3, 0.4) is 0 Å². The first-order valence-electron chi connectivity index (χ1n) is 7.17. The molecule has 0 spiro atoms. The summed E-state index contributed by atoms with van der Waals surface area (Å²) in [6.45, 7) is 1.88. The van der Waals surface area contributed by atoms with E-state index < -0.39 is 6.10 Å². The molecule has 6 nitrogen and oxygen atoms in total. The first kappa shape index (κ1) is 15.0. The largest absolute Gasteiger partial charge is 0.497 e. The van der Waals surface area contributed by atoms with Gasteiger partial charge in [0.1, 0.15) is 11.5 Å². The van der Waals surface area contributed by atoms with Crippen LogP contribution in [0.4, 0.5) is 5.69 Å². The monoisotopic (exact) mass is 315 g/mol. The van der Waals surface area contributed by atoms with Crippen molar-refractivity contribution in [3.05, 3.63) is 42.5 Å². The molecule has 0 unspecified atom stereocenters. The molecule has 6 heteroatoms. The van der Waals surface area contributed by atoms with E-state index in [1.807, 2.05) is 6.07 Å². The highest BCUT2D eigenvalue weighted by molar-refractivity contribution is 5.94. The molecule has 0 bridgehead atoms. The molecule has 1 heterocycles. The number of benzene rings is 2. The van der Waals surface area contributed by atoms with Gasteiger partial charge < -0.3 is 24.3 Å². The van der Waals surface area contributed by atoms with E-state index in [4.69, 9.17) is 18.9 Å². The van der Waals surface area contributed by atoms with Crippen LogP contribution in [0, 0.1) is 0 Å². The summed E-state index contributed by atoms with van der Waals surface area (Å²) in [6, 6.07) is 12.3. The molecule has 2 aromatic rings. The number of carbonyl (C=O) groups is 1. The summed E-state index contributed by atoms with van der Waals surface area (Å²) < 4.78 is 21.3. The average molecular weight is 315 g/mol. The molecule has 3 rings (SSSR count). The first-order chi connectivity index (χ1) is 11.2. The van der Waals surface area contributed by atoms with Crippen molar-refractivity contribution >= 4 is 11.6 Å². The zero-order valence-electron chi connectivity index (χ0n) is 12.9. The second-order valence-electron chi connectivity index (χ2n) is 5.00. The van der Waals surface area contributed by atoms with Gasteiger partial charge in [-0.3, -0.25) is 4.79 Å². The molecule has 2 aromatic carbocycles. The Morgan fingerprint density at radius 2 is 1.91 bits per heavy atom. The van der Waals surface area contributed by atoms with Crippen LogP contribution in [0.15, 0.2) is 42.5 Å². The van der Waals surface area contributed by atoms with Gasteiger partial charge in [-0.05, 0) is 31.2 Å². The fourth-order valence-corrected chi connectivity index (χ4v) is 2.15. The third-order valence-corrected chi connectivity index (χ3v) is 3.36. The molecular formula is C17H17NO5. The lowest BCUT2D eigenvalue weighted by Crippen LogP contribution is -2.30. The fraction of sp³-hybridized carbons (Fsp3) is 0.235. The quantitative estimate of drug-likeness (QED) is 0.919. The minimum absolute atomic E-state index is 0.197. The van der Waals surface area contributed by atoms with Gasteiger partial charge in [0, 0.05) is 17.8 Å². The van der Waals surface area contributed by atoms with Crippen molar-refractivity contribution in [3.8, 4) is 23.0 Å². The summed E-state index contributed by atoms with van der Waals surface area (Å²) in [6.07, 6.45) is -0.660.